The van der Waals surface area contributed by atoms with Crippen LogP contribution in [0, 0.1) is 5.92 Å². The number of aliphatic imine (C=N–C) groups is 1. The maximum atomic E-state index is 12.6. The molecule has 8 heteroatoms. The van der Waals surface area contributed by atoms with Crippen LogP contribution in [0.1, 0.15) is 51.5 Å². The molecule has 1 aliphatic carbocycles. The highest BCUT2D eigenvalue weighted by Gasteiger charge is 2.32. The van der Waals surface area contributed by atoms with E-state index in [0.29, 0.717) is 24.9 Å². The Labute approximate surface area is 191 Å². The van der Waals surface area contributed by atoms with Gasteiger partial charge in [0.05, 0.1) is 13.2 Å². The second-order valence-electron chi connectivity index (χ2n) is 7.49. The minimum atomic E-state index is 0. The van der Waals surface area contributed by atoms with Crippen LogP contribution in [-0.2, 0) is 11.3 Å². The van der Waals surface area contributed by atoms with Crippen molar-refractivity contribution in [1.82, 2.24) is 20.5 Å². The molecule has 2 heterocycles. The molecule has 2 fully saturated rings. The number of likely N-dealkylation sites (tertiary alicyclic amines) is 1. The number of amides is 1. The van der Waals surface area contributed by atoms with E-state index in [0.717, 1.165) is 50.4 Å². The van der Waals surface area contributed by atoms with Crippen LogP contribution in [0.2, 0.25) is 0 Å². The van der Waals surface area contributed by atoms with Crippen LogP contribution in [0.4, 0.5) is 0 Å². The molecule has 1 aromatic rings. The van der Waals surface area contributed by atoms with E-state index in [-0.39, 0.29) is 35.9 Å². The van der Waals surface area contributed by atoms with Crippen molar-refractivity contribution in [3.8, 4) is 5.88 Å². The molecular formula is C21H34IN5O2. The molecule has 7 nitrogen and oxygen atoms in total. The number of nitrogens with one attached hydrogen (secondary N) is 2. The molecule has 162 valence electrons. The predicted molar refractivity (Wildman–Crippen MR) is 126 cm³/mol. The van der Waals surface area contributed by atoms with Crippen LogP contribution in [-0.4, -0.2) is 54.0 Å². The van der Waals surface area contributed by atoms with Crippen molar-refractivity contribution in [1.29, 1.82) is 0 Å². The van der Waals surface area contributed by atoms with Gasteiger partial charge in [-0.1, -0.05) is 18.9 Å². The molecule has 0 radical (unpaired) electrons. The van der Waals surface area contributed by atoms with E-state index >= 15 is 0 Å². The molecule has 1 amide bonds. The standard InChI is InChI=1S/C21H33N5O2.HI/c1-3-22-21(24-14-17-10-7-12-23-19(17)28-4-2)25-18-11-13-26(15-18)20(27)16-8-5-6-9-16;/h7,10,12,16,18H,3-6,8-9,11,13-15H2,1-2H3,(H2,22,24,25);1H. The third kappa shape index (κ3) is 6.72. The average Bonchev–Trinajstić information content (AvgIpc) is 3.39. The van der Waals surface area contributed by atoms with Gasteiger partial charge in [-0.25, -0.2) is 9.98 Å². The van der Waals surface area contributed by atoms with Crippen molar-refractivity contribution in [2.24, 2.45) is 10.9 Å². The molecule has 1 aromatic heterocycles. The number of pyridine rings is 1. The zero-order valence-corrected chi connectivity index (χ0v) is 19.9. The Hall–Kier alpha value is -1.58. The molecule has 0 aromatic carbocycles. The maximum absolute atomic E-state index is 12.6. The Morgan fingerprint density at radius 2 is 2.10 bits per heavy atom. The first-order valence-electron chi connectivity index (χ1n) is 10.6. The summed E-state index contributed by atoms with van der Waals surface area (Å²) in [4.78, 5) is 23.7. The Bertz CT molecular complexity index is 679. The number of guanidine groups is 1. The van der Waals surface area contributed by atoms with Gasteiger partial charge in [-0.3, -0.25) is 4.79 Å². The van der Waals surface area contributed by atoms with E-state index < -0.39 is 0 Å². The molecule has 1 saturated carbocycles. The molecule has 1 saturated heterocycles. The van der Waals surface area contributed by atoms with Gasteiger partial charge in [0.15, 0.2) is 5.96 Å². The molecule has 0 spiro atoms. The van der Waals surface area contributed by atoms with E-state index in [4.69, 9.17) is 9.73 Å². The number of hydrogen-bond donors (Lipinski definition) is 2. The zero-order chi connectivity index (χ0) is 19.8. The van der Waals surface area contributed by atoms with Crippen LogP contribution in [0.15, 0.2) is 23.3 Å². The van der Waals surface area contributed by atoms with Gasteiger partial charge < -0.3 is 20.3 Å². The van der Waals surface area contributed by atoms with Gasteiger partial charge in [0.25, 0.3) is 0 Å². The number of ether oxygens (including phenoxy) is 1. The summed E-state index contributed by atoms with van der Waals surface area (Å²) in [5.41, 5.74) is 0.964. The van der Waals surface area contributed by atoms with E-state index in [1.165, 1.54) is 12.8 Å². The number of carbonyl (C=O) groups is 1. The third-order valence-electron chi connectivity index (χ3n) is 5.43. The lowest BCUT2D eigenvalue weighted by atomic mass is 10.1. The number of aromatic nitrogens is 1. The summed E-state index contributed by atoms with van der Waals surface area (Å²) >= 11 is 0. The normalized spacial score (nSPS) is 19.7. The van der Waals surface area contributed by atoms with E-state index in [1.807, 2.05) is 24.0 Å². The average molecular weight is 515 g/mol. The van der Waals surface area contributed by atoms with Crippen molar-refractivity contribution in [3.63, 3.8) is 0 Å². The Morgan fingerprint density at radius 3 is 2.83 bits per heavy atom. The first-order chi connectivity index (χ1) is 13.7. The van der Waals surface area contributed by atoms with Crippen LogP contribution < -0.4 is 15.4 Å². The highest BCUT2D eigenvalue weighted by Crippen LogP contribution is 2.27. The van der Waals surface area contributed by atoms with Crippen LogP contribution in [0.25, 0.3) is 0 Å². The van der Waals surface area contributed by atoms with Gasteiger partial charge in [0.1, 0.15) is 0 Å². The van der Waals surface area contributed by atoms with Gasteiger partial charge in [-0.05, 0) is 39.2 Å². The monoisotopic (exact) mass is 515 g/mol. The van der Waals surface area contributed by atoms with Crippen LogP contribution in [0.5, 0.6) is 5.88 Å². The van der Waals surface area contributed by atoms with Crippen molar-refractivity contribution >= 4 is 35.8 Å². The lowest BCUT2D eigenvalue weighted by molar-refractivity contribution is -0.134. The fraction of sp³-hybridized carbons (Fsp3) is 0.667. The molecule has 1 aliphatic heterocycles. The first kappa shape index (κ1) is 23.7. The molecular weight excluding hydrogens is 481 g/mol. The molecule has 1 unspecified atom stereocenters. The molecule has 2 N–H and O–H groups in total. The summed E-state index contributed by atoms with van der Waals surface area (Å²) in [5, 5.41) is 6.80. The minimum Gasteiger partial charge on any atom is -0.478 e. The quantitative estimate of drug-likeness (QED) is 0.332. The molecule has 1 atom stereocenters. The number of carbonyl (C=O) groups excluding carboxylic acids is 1. The first-order valence-corrected chi connectivity index (χ1v) is 10.6. The lowest BCUT2D eigenvalue weighted by Gasteiger charge is -2.21. The summed E-state index contributed by atoms with van der Waals surface area (Å²) < 4.78 is 5.59. The van der Waals surface area contributed by atoms with Crippen molar-refractivity contribution in [3.05, 3.63) is 23.9 Å². The second-order valence-corrected chi connectivity index (χ2v) is 7.49. The molecule has 2 aliphatic rings. The van der Waals surface area contributed by atoms with Gasteiger partial charge >= 0.3 is 0 Å². The summed E-state index contributed by atoms with van der Waals surface area (Å²) in [7, 11) is 0. The van der Waals surface area contributed by atoms with E-state index in [1.54, 1.807) is 6.20 Å². The third-order valence-corrected chi connectivity index (χ3v) is 5.43. The Kier molecular flexibility index (Phi) is 9.96. The predicted octanol–water partition coefficient (Wildman–Crippen LogP) is 2.94. The van der Waals surface area contributed by atoms with Gasteiger partial charge in [0.2, 0.25) is 11.8 Å². The Balaban J connectivity index is 0.00000300. The van der Waals surface area contributed by atoms with E-state index in [2.05, 4.69) is 22.5 Å². The van der Waals surface area contributed by atoms with Gasteiger partial charge in [0, 0.05) is 43.4 Å². The SMILES string of the molecule is CCNC(=NCc1cccnc1OCC)NC1CCN(C(=O)C2CCCC2)C1.I. The summed E-state index contributed by atoms with van der Waals surface area (Å²) in [6.45, 7) is 7.47. The maximum Gasteiger partial charge on any atom is 0.225 e. The fourth-order valence-electron chi connectivity index (χ4n) is 4.00. The minimum absolute atomic E-state index is 0. The highest BCUT2D eigenvalue weighted by molar-refractivity contribution is 14.0. The molecule has 0 bridgehead atoms. The van der Waals surface area contributed by atoms with Gasteiger partial charge in [-0.15, -0.1) is 24.0 Å². The number of hydrogen-bond acceptors (Lipinski definition) is 4. The van der Waals surface area contributed by atoms with Crippen LogP contribution >= 0.6 is 24.0 Å². The fourth-order valence-corrected chi connectivity index (χ4v) is 4.00. The van der Waals surface area contributed by atoms with E-state index in [9.17, 15) is 4.79 Å². The van der Waals surface area contributed by atoms with Crippen molar-refractivity contribution in [2.75, 3.05) is 26.2 Å². The topological polar surface area (TPSA) is 78.9 Å². The zero-order valence-electron chi connectivity index (χ0n) is 17.5. The largest absolute Gasteiger partial charge is 0.478 e. The summed E-state index contributed by atoms with van der Waals surface area (Å²) in [6.07, 6.45) is 7.20. The number of nitrogens with zero attached hydrogens (tertiary/aromatic N) is 3. The molecule has 3 rings (SSSR count). The smallest absolute Gasteiger partial charge is 0.225 e. The van der Waals surface area contributed by atoms with Gasteiger partial charge in [-0.2, -0.15) is 0 Å². The lowest BCUT2D eigenvalue weighted by Crippen LogP contribution is -2.45. The summed E-state index contributed by atoms with van der Waals surface area (Å²) in [6, 6.07) is 4.13. The number of rotatable bonds is 7. The van der Waals surface area contributed by atoms with Crippen LogP contribution in [0.3, 0.4) is 0 Å². The second kappa shape index (κ2) is 12.2. The van der Waals surface area contributed by atoms with Crippen molar-refractivity contribution < 1.29 is 9.53 Å². The molecule has 29 heavy (non-hydrogen) atoms. The van der Waals surface area contributed by atoms with Crippen molar-refractivity contribution in [2.45, 2.75) is 58.5 Å². The highest BCUT2D eigenvalue weighted by atomic mass is 127. The Morgan fingerprint density at radius 1 is 1.31 bits per heavy atom. The summed E-state index contributed by atoms with van der Waals surface area (Å²) in [5.74, 6) is 2.01. The number of halogens is 1.